The van der Waals surface area contributed by atoms with Crippen molar-refractivity contribution in [3.63, 3.8) is 0 Å². The maximum atomic E-state index is 13.9. The molecule has 3 rings (SSSR count). The lowest BCUT2D eigenvalue weighted by Crippen LogP contribution is -2.51. The van der Waals surface area contributed by atoms with Crippen molar-refractivity contribution in [2.24, 2.45) is 0 Å². The van der Waals surface area contributed by atoms with E-state index in [2.05, 4.69) is 10.6 Å². The SMILES string of the molecule is CCC(C)(C)NC(=O)[C@H](c1cccc(OC)c1)N(Cc1ccccc1OC)C(=O)CNC(=O)c1cccs1. The van der Waals surface area contributed by atoms with E-state index < -0.39 is 17.5 Å². The maximum absolute atomic E-state index is 13.9. The third-order valence-electron chi connectivity index (χ3n) is 6.31. The first-order valence-electron chi connectivity index (χ1n) is 12.4. The molecule has 0 aliphatic carbocycles. The fraction of sp³-hybridized carbons (Fsp3) is 0.345. The molecule has 0 saturated heterocycles. The monoisotopic (exact) mass is 537 g/mol. The van der Waals surface area contributed by atoms with Gasteiger partial charge in [-0.2, -0.15) is 0 Å². The van der Waals surface area contributed by atoms with Crippen LogP contribution < -0.4 is 20.1 Å². The molecule has 2 N–H and O–H groups in total. The molecule has 3 aromatic rings. The molecule has 1 atom stereocenters. The van der Waals surface area contributed by atoms with Crippen molar-refractivity contribution in [1.29, 1.82) is 0 Å². The fourth-order valence-electron chi connectivity index (χ4n) is 3.87. The highest BCUT2D eigenvalue weighted by Gasteiger charge is 2.34. The van der Waals surface area contributed by atoms with Gasteiger partial charge in [0.15, 0.2) is 0 Å². The molecule has 0 spiro atoms. The first-order valence-corrected chi connectivity index (χ1v) is 13.3. The van der Waals surface area contributed by atoms with Crippen LogP contribution in [-0.4, -0.2) is 48.9 Å². The summed E-state index contributed by atoms with van der Waals surface area (Å²) in [5.74, 6) is 0.0495. The lowest BCUT2D eigenvalue weighted by molar-refractivity contribution is -0.141. The summed E-state index contributed by atoms with van der Waals surface area (Å²) in [4.78, 5) is 42.2. The Morgan fingerprint density at radius 1 is 1.00 bits per heavy atom. The summed E-state index contributed by atoms with van der Waals surface area (Å²) in [6.45, 7) is 5.65. The summed E-state index contributed by atoms with van der Waals surface area (Å²) in [6.07, 6.45) is 0.695. The Labute approximate surface area is 228 Å². The van der Waals surface area contributed by atoms with E-state index in [1.54, 1.807) is 62.1 Å². The number of carbonyl (C=O) groups excluding carboxylic acids is 3. The van der Waals surface area contributed by atoms with E-state index in [9.17, 15) is 14.4 Å². The second kappa shape index (κ2) is 13.1. The Bertz CT molecular complexity index is 1240. The second-order valence-electron chi connectivity index (χ2n) is 9.40. The third kappa shape index (κ3) is 7.35. The summed E-state index contributed by atoms with van der Waals surface area (Å²) in [6, 6.07) is 16.9. The molecule has 0 radical (unpaired) electrons. The zero-order valence-electron chi connectivity index (χ0n) is 22.4. The molecule has 202 valence electrons. The number of hydrogen-bond acceptors (Lipinski definition) is 6. The molecule has 0 aliphatic heterocycles. The number of hydrogen-bond donors (Lipinski definition) is 2. The van der Waals surface area contributed by atoms with Crippen LogP contribution in [0.2, 0.25) is 0 Å². The minimum atomic E-state index is -0.994. The molecule has 0 saturated carbocycles. The molecule has 1 heterocycles. The number of rotatable bonds is 12. The van der Waals surface area contributed by atoms with Crippen LogP contribution in [-0.2, 0) is 16.1 Å². The summed E-state index contributed by atoms with van der Waals surface area (Å²) in [5.41, 5.74) is 0.811. The van der Waals surface area contributed by atoms with Crippen LogP contribution in [0.3, 0.4) is 0 Å². The van der Waals surface area contributed by atoms with Crippen LogP contribution >= 0.6 is 11.3 Å². The Morgan fingerprint density at radius 3 is 2.42 bits per heavy atom. The number of amides is 3. The molecule has 0 unspecified atom stereocenters. The number of nitrogens with zero attached hydrogens (tertiary/aromatic N) is 1. The van der Waals surface area contributed by atoms with Crippen LogP contribution in [0.25, 0.3) is 0 Å². The van der Waals surface area contributed by atoms with Crippen molar-refractivity contribution in [3.8, 4) is 11.5 Å². The molecule has 9 heteroatoms. The average molecular weight is 538 g/mol. The average Bonchev–Trinajstić information content (AvgIpc) is 3.46. The van der Waals surface area contributed by atoms with E-state index in [1.165, 1.54) is 16.2 Å². The number of thiophene rings is 1. The number of ether oxygens (including phenoxy) is 2. The van der Waals surface area contributed by atoms with Crippen LogP contribution in [0.5, 0.6) is 11.5 Å². The van der Waals surface area contributed by atoms with Crippen molar-refractivity contribution in [2.75, 3.05) is 20.8 Å². The third-order valence-corrected chi connectivity index (χ3v) is 7.18. The van der Waals surface area contributed by atoms with Crippen molar-refractivity contribution in [2.45, 2.75) is 45.3 Å². The van der Waals surface area contributed by atoms with Crippen LogP contribution in [0.15, 0.2) is 66.0 Å². The first-order chi connectivity index (χ1) is 18.2. The fourth-order valence-corrected chi connectivity index (χ4v) is 4.51. The first kappa shape index (κ1) is 28.7. The molecular weight excluding hydrogens is 502 g/mol. The summed E-state index contributed by atoms with van der Waals surface area (Å²) < 4.78 is 10.9. The molecule has 38 heavy (non-hydrogen) atoms. The van der Waals surface area contributed by atoms with E-state index in [1.807, 2.05) is 39.0 Å². The van der Waals surface area contributed by atoms with Gasteiger partial charge in [-0.25, -0.2) is 0 Å². The molecule has 8 nitrogen and oxygen atoms in total. The Morgan fingerprint density at radius 2 is 1.76 bits per heavy atom. The number of methoxy groups -OCH3 is 2. The van der Waals surface area contributed by atoms with Gasteiger partial charge in [0.1, 0.15) is 17.5 Å². The predicted octanol–water partition coefficient (Wildman–Crippen LogP) is 4.57. The van der Waals surface area contributed by atoms with E-state index in [-0.39, 0.29) is 24.9 Å². The molecule has 0 bridgehead atoms. The van der Waals surface area contributed by atoms with Gasteiger partial charge >= 0.3 is 0 Å². The van der Waals surface area contributed by atoms with Gasteiger partial charge in [-0.05, 0) is 55.5 Å². The predicted molar refractivity (Wildman–Crippen MR) is 148 cm³/mol. The molecule has 0 aliphatic rings. The number of para-hydroxylation sites is 1. The number of benzene rings is 2. The van der Waals surface area contributed by atoms with Crippen LogP contribution in [0, 0.1) is 0 Å². The second-order valence-corrected chi connectivity index (χ2v) is 10.3. The quantitative estimate of drug-likeness (QED) is 0.353. The van der Waals surface area contributed by atoms with E-state index in [4.69, 9.17) is 9.47 Å². The Hall–Kier alpha value is -3.85. The van der Waals surface area contributed by atoms with E-state index in [0.29, 0.717) is 28.4 Å². The molecular formula is C29H35N3O5S. The van der Waals surface area contributed by atoms with Crippen molar-refractivity contribution < 1.29 is 23.9 Å². The largest absolute Gasteiger partial charge is 0.497 e. The summed E-state index contributed by atoms with van der Waals surface area (Å²) >= 11 is 1.29. The minimum absolute atomic E-state index is 0.0829. The highest BCUT2D eigenvalue weighted by Crippen LogP contribution is 2.30. The van der Waals surface area contributed by atoms with Gasteiger partial charge < -0.3 is 25.0 Å². The van der Waals surface area contributed by atoms with Gasteiger partial charge in [0, 0.05) is 11.1 Å². The van der Waals surface area contributed by atoms with Crippen molar-refractivity contribution in [3.05, 3.63) is 82.0 Å². The number of carbonyl (C=O) groups is 3. The Kier molecular flexibility index (Phi) is 9.90. The van der Waals surface area contributed by atoms with Crippen LogP contribution in [0.4, 0.5) is 0 Å². The van der Waals surface area contributed by atoms with Gasteiger partial charge in [0.05, 0.1) is 32.2 Å². The van der Waals surface area contributed by atoms with Gasteiger partial charge in [-0.15, -0.1) is 11.3 Å². The van der Waals surface area contributed by atoms with Gasteiger partial charge in [-0.3, -0.25) is 14.4 Å². The lowest BCUT2D eigenvalue weighted by Gasteiger charge is -2.35. The van der Waals surface area contributed by atoms with Crippen molar-refractivity contribution in [1.82, 2.24) is 15.5 Å². The zero-order valence-corrected chi connectivity index (χ0v) is 23.3. The lowest BCUT2D eigenvalue weighted by atomic mass is 9.98. The number of nitrogens with one attached hydrogen (secondary N) is 2. The standard InChI is InChI=1S/C29H35N3O5S/c1-6-29(2,3)31-28(35)26(20-12-9-13-22(17-20)36-4)32(19-21-11-7-8-14-23(21)37-5)25(33)18-30-27(34)24-15-10-16-38-24/h7-17,26H,6,18-19H2,1-5H3,(H,30,34)(H,31,35)/t26-/m0/s1. The molecule has 3 amide bonds. The summed E-state index contributed by atoms with van der Waals surface area (Å²) in [7, 11) is 3.11. The molecule has 1 aromatic heterocycles. The molecule has 0 fully saturated rings. The van der Waals surface area contributed by atoms with Crippen molar-refractivity contribution >= 4 is 29.1 Å². The zero-order chi connectivity index (χ0) is 27.7. The van der Waals surface area contributed by atoms with E-state index in [0.717, 1.165) is 5.56 Å². The van der Waals surface area contributed by atoms with Gasteiger partial charge in [-0.1, -0.05) is 43.3 Å². The van der Waals surface area contributed by atoms with E-state index >= 15 is 0 Å². The van der Waals surface area contributed by atoms with Gasteiger partial charge in [0.2, 0.25) is 11.8 Å². The highest BCUT2D eigenvalue weighted by molar-refractivity contribution is 7.12. The highest BCUT2D eigenvalue weighted by atomic mass is 32.1. The van der Waals surface area contributed by atoms with Crippen LogP contribution in [0.1, 0.15) is 54.0 Å². The minimum Gasteiger partial charge on any atom is -0.497 e. The molecule has 2 aromatic carbocycles. The topological polar surface area (TPSA) is 97.0 Å². The van der Waals surface area contributed by atoms with Gasteiger partial charge in [0.25, 0.3) is 5.91 Å². The normalized spacial score (nSPS) is 11.8. The maximum Gasteiger partial charge on any atom is 0.261 e. The summed E-state index contributed by atoms with van der Waals surface area (Å²) in [5, 5.41) is 7.58. The smallest absolute Gasteiger partial charge is 0.261 e. The Balaban J connectivity index is 2.04.